The Morgan fingerprint density at radius 1 is 1.04 bits per heavy atom. The molecule has 0 fully saturated rings. The van der Waals surface area contributed by atoms with Gasteiger partial charge in [-0.3, -0.25) is 9.59 Å². The van der Waals surface area contributed by atoms with E-state index in [9.17, 15) is 9.59 Å². The Hall–Kier alpha value is -3.61. The number of rotatable bonds is 5. The van der Waals surface area contributed by atoms with Crippen LogP contribution in [-0.4, -0.2) is 24.1 Å². The largest absolute Gasteiger partial charge is 0.495 e. The van der Waals surface area contributed by atoms with Crippen LogP contribution in [0.3, 0.4) is 0 Å². The van der Waals surface area contributed by atoms with Crippen molar-refractivity contribution < 1.29 is 18.8 Å². The Balaban J connectivity index is 1.81. The molecule has 132 valence electrons. The van der Waals surface area contributed by atoms with Gasteiger partial charge < -0.3 is 19.9 Å². The summed E-state index contributed by atoms with van der Waals surface area (Å²) in [6.07, 6.45) is 0. The van der Waals surface area contributed by atoms with Gasteiger partial charge in [0.25, 0.3) is 5.91 Å². The number of benzene rings is 2. The van der Waals surface area contributed by atoms with Crippen LogP contribution < -0.4 is 15.4 Å². The Morgan fingerprint density at radius 2 is 1.81 bits per heavy atom. The zero-order valence-corrected chi connectivity index (χ0v) is 14.3. The van der Waals surface area contributed by atoms with Gasteiger partial charge in [0.2, 0.25) is 5.91 Å². The fourth-order valence-electron chi connectivity index (χ4n) is 2.39. The van der Waals surface area contributed by atoms with Crippen LogP contribution >= 0.6 is 0 Å². The number of amides is 2. The van der Waals surface area contributed by atoms with E-state index < -0.39 is 5.91 Å². The Morgan fingerprint density at radius 3 is 2.50 bits per heavy atom. The summed E-state index contributed by atoms with van der Waals surface area (Å²) in [5, 5.41) is 9.19. The molecule has 0 spiro atoms. The lowest BCUT2D eigenvalue weighted by atomic mass is 10.1. The van der Waals surface area contributed by atoms with Crippen molar-refractivity contribution in [2.75, 3.05) is 17.7 Å². The van der Waals surface area contributed by atoms with Crippen LogP contribution in [0.25, 0.3) is 11.3 Å². The van der Waals surface area contributed by atoms with Gasteiger partial charge >= 0.3 is 0 Å². The number of hydrogen-bond donors (Lipinski definition) is 2. The summed E-state index contributed by atoms with van der Waals surface area (Å²) in [5.74, 6) is 0.291. The predicted octanol–water partition coefficient (Wildman–Crippen LogP) is 3.56. The Bertz CT molecular complexity index is 935. The molecule has 2 aromatic carbocycles. The summed E-state index contributed by atoms with van der Waals surface area (Å²) >= 11 is 0. The highest BCUT2D eigenvalue weighted by molar-refractivity contribution is 6.04. The highest BCUT2D eigenvalue weighted by Crippen LogP contribution is 2.28. The van der Waals surface area contributed by atoms with Crippen molar-refractivity contribution >= 4 is 23.2 Å². The van der Waals surface area contributed by atoms with Crippen LogP contribution in [0.4, 0.5) is 11.4 Å². The zero-order chi connectivity index (χ0) is 18.5. The molecule has 7 heteroatoms. The van der Waals surface area contributed by atoms with Gasteiger partial charge in [-0.25, -0.2) is 0 Å². The van der Waals surface area contributed by atoms with Crippen LogP contribution in [0.1, 0.15) is 17.4 Å². The maximum absolute atomic E-state index is 12.5. The van der Waals surface area contributed by atoms with Crippen LogP contribution in [-0.2, 0) is 4.79 Å². The van der Waals surface area contributed by atoms with Gasteiger partial charge in [0, 0.05) is 24.2 Å². The minimum Gasteiger partial charge on any atom is -0.495 e. The fourth-order valence-corrected chi connectivity index (χ4v) is 2.39. The molecule has 7 nitrogen and oxygen atoms in total. The molecule has 0 aliphatic heterocycles. The number of anilines is 2. The topological polar surface area (TPSA) is 93.5 Å². The van der Waals surface area contributed by atoms with Crippen molar-refractivity contribution in [1.29, 1.82) is 0 Å². The number of aromatic nitrogens is 1. The second-order valence-electron chi connectivity index (χ2n) is 5.49. The van der Waals surface area contributed by atoms with E-state index in [1.165, 1.54) is 14.0 Å². The molecular weight excluding hydrogens is 334 g/mol. The van der Waals surface area contributed by atoms with Crippen LogP contribution in [0, 0.1) is 0 Å². The van der Waals surface area contributed by atoms with E-state index in [0.717, 1.165) is 5.56 Å². The maximum Gasteiger partial charge on any atom is 0.277 e. The molecule has 0 aliphatic carbocycles. The van der Waals surface area contributed by atoms with Crippen molar-refractivity contribution in [2.45, 2.75) is 6.92 Å². The first-order chi connectivity index (χ1) is 12.6. The average molecular weight is 351 g/mol. The second-order valence-corrected chi connectivity index (χ2v) is 5.49. The molecule has 0 aliphatic rings. The summed E-state index contributed by atoms with van der Waals surface area (Å²) in [7, 11) is 1.49. The Labute approximate surface area is 150 Å². The second kappa shape index (κ2) is 7.52. The third-order valence-corrected chi connectivity index (χ3v) is 3.57. The lowest BCUT2D eigenvalue weighted by molar-refractivity contribution is -0.114. The molecule has 0 radical (unpaired) electrons. The number of ether oxygens (including phenoxy) is 1. The first-order valence-electron chi connectivity index (χ1n) is 7.86. The number of nitrogens with one attached hydrogen (secondary N) is 2. The summed E-state index contributed by atoms with van der Waals surface area (Å²) in [6.45, 7) is 1.41. The number of carbonyl (C=O) groups excluding carboxylic acids is 2. The van der Waals surface area contributed by atoms with Crippen molar-refractivity contribution in [3.05, 3.63) is 60.3 Å². The molecule has 26 heavy (non-hydrogen) atoms. The zero-order valence-electron chi connectivity index (χ0n) is 14.3. The van der Waals surface area contributed by atoms with Gasteiger partial charge in [-0.15, -0.1) is 0 Å². The number of carbonyl (C=O) groups is 2. The van der Waals surface area contributed by atoms with Gasteiger partial charge in [-0.05, 0) is 18.2 Å². The van der Waals surface area contributed by atoms with Gasteiger partial charge in [0.05, 0.1) is 12.8 Å². The predicted molar refractivity (Wildman–Crippen MR) is 97.2 cm³/mol. The molecule has 2 amide bonds. The molecule has 0 atom stereocenters. The summed E-state index contributed by atoms with van der Waals surface area (Å²) in [6, 6.07) is 15.9. The van der Waals surface area contributed by atoms with Crippen molar-refractivity contribution in [2.24, 2.45) is 0 Å². The minimum absolute atomic E-state index is 0.135. The van der Waals surface area contributed by atoms with Crippen molar-refractivity contribution in [3.8, 4) is 17.1 Å². The van der Waals surface area contributed by atoms with E-state index in [0.29, 0.717) is 22.9 Å². The number of methoxy groups -OCH3 is 1. The first-order valence-corrected chi connectivity index (χ1v) is 7.86. The van der Waals surface area contributed by atoms with E-state index in [1.807, 2.05) is 30.3 Å². The van der Waals surface area contributed by atoms with Crippen LogP contribution in [0.2, 0.25) is 0 Å². The number of nitrogens with zero attached hydrogens (tertiary/aromatic N) is 1. The van der Waals surface area contributed by atoms with E-state index in [-0.39, 0.29) is 11.6 Å². The van der Waals surface area contributed by atoms with Gasteiger partial charge in [0.15, 0.2) is 11.5 Å². The number of hydrogen-bond acceptors (Lipinski definition) is 5. The summed E-state index contributed by atoms with van der Waals surface area (Å²) < 4.78 is 10.5. The standard InChI is InChI=1S/C19H17N3O4/c1-12(23)20-14-8-9-17(25-2)15(10-14)21-19(24)16-11-18(26-22-16)13-6-4-3-5-7-13/h3-11H,1-2H3,(H,20,23)(H,21,24). The van der Waals surface area contributed by atoms with Gasteiger partial charge in [-0.2, -0.15) is 0 Å². The monoisotopic (exact) mass is 351 g/mol. The lowest BCUT2D eigenvalue weighted by Gasteiger charge is -2.11. The third-order valence-electron chi connectivity index (χ3n) is 3.57. The molecule has 0 unspecified atom stereocenters. The average Bonchev–Trinajstić information content (AvgIpc) is 3.12. The molecule has 0 saturated heterocycles. The summed E-state index contributed by atoms with van der Waals surface area (Å²) in [5.41, 5.74) is 1.91. The summed E-state index contributed by atoms with van der Waals surface area (Å²) in [4.78, 5) is 23.7. The van der Waals surface area contributed by atoms with E-state index in [1.54, 1.807) is 24.3 Å². The fraction of sp³-hybridized carbons (Fsp3) is 0.105. The van der Waals surface area contributed by atoms with E-state index >= 15 is 0 Å². The van der Waals surface area contributed by atoms with Crippen LogP contribution in [0.15, 0.2) is 59.1 Å². The molecule has 1 aromatic heterocycles. The van der Waals surface area contributed by atoms with Gasteiger partial charge in [0.1, 0.15) is 5.75 Å². The van der Waals surface area contributed by atoms with Crippen LogP contribution in [0.5, 0.6) is 5.75 Å². The molecule has 0 bridgehead atoms. The highest BCUT2D eigenvalue weighted by Gasteiger charge is 2.16. The van der Waals surface area contributed by atoms with Crippen molar-refractivity contribution in [3.63, 3.8) is 0 Å². The smallest absolute Gasteiger partial charge is 0.277 e. The molecule has 2 N–H and O–H groups in total. The highest BCUT2D eigenvalue weighted by atomic mass is 16.5. The molecule has 1 heterocycles. The normalized spacial score (nSPS) is 10.2. The first kappa shape index (κ1) is 17.2. The SMILES string of the molecule is COc1ccc(NC(C)=O)cc1NC(=O)c1cc(-c2ccccc2)on1. The van der Waals surface area contributed by atoms with E-state index in [2.05, 4.69) is 15.8 Å². The molecule has 0 saturated carbocycles. The minimum atomic E-state index is -0.450. The maximum atomic E-state index is 12.5. The van der Waals surface area contributed by atoms with E-state index in [4.69, 9.17) is 9.26 Å². The Kier molecular flexibility index (Phi) is 4.98. The van der Waals surface area contributed by atoms with Crippen molar-refractivity contribution in [1.82, 2.24) is 5.16 Å². The molecule has 3 aromatic rings. The molecular formula is C19H17N3O4. The molecule has 3 rings (SSSR count). The van der Waals surface area contributed by atoms with Gasteiger partial charge in [-0.1, -0.05) is 35.5 Å². The third kappa shape index (κ3) is 3.89. The lowest BCUT2D eigenvalue weighted by Crippen LogP contribution is -2.13. The quantitative estimate of drug-likeness (QED) is 0.733.